The molecular weight excluding hydrogens is 222 g/mol. The molecule has 88 valence electrons. The molecule has 0 spiro atoms. The van der Waals surface area contributed by atoms with Crippen LogP contribution < -0.4 is 9.47 Å². The van der Waals surface area contributed by atoms with E-state index in [9.17, 15) is 9.90 Å². The van der Waals surface area contributed by atoms with E-state index < -0.39 is 5.54 Å². The summed E-state index contributed by atoms with van der Waals surface area (Å²) in [6.07, 6.45) is 4.22. The number of aliphatic imine (C=N–C) groups is 1. The van der Waals surface area contributed by atoms with Crippen molar-refractivity contribution >= 4 is 6.08 Å². The smallest absolute Gasteiger partial charge is 0.235 e. The fraction of sp³-hybridized carbons (Fsp3) is 0.417. The van der Waals surface area contributed by atoms with Crippen molar-refractivity contribution in [3.63, 3.8) is 0 Å². The van der Waals surface area contributed by atoms with Crippen molar-refractivity contribution in [1.29, 1.82) is 0 Å². The largest absolute Gasteiger partial charge is 0.504 e. The average Bonchev–Trinajstić information content (AvgIpc) is 2.71. The van der Waals surface area contributed by atoms with Gasteiger partial charge in [0.25, 0.3) is 0 Å². The van der Waals surface area contributed by atoms with E-state index in [2.05, 4.69) is 4.99 Å². The second-order valence-corrected chi connectivity index (χ2v) is 4.32. The standard InChI is InChI=1S/C12H11NO4/c14-6-13-12(2-1-3-12)8-4-9(15)11-10(5-8)16-7-17-11/h4-5,15H,1-3,7H2. The van der Waals surface area contributed by atoms with E-state index >= 15 is 0 Å². The van der Waals surface area contributed by atoms with Crippen LogP contribution in [0, 0.1) is 0 Å². The number of phenolic OH excluding ortho intramolecular Hbond substituents is 1. The summed E-state index contributed by atoms with van der Waals surface area (Å²) < 4.78 is 10.4. The number of ether oxygens (including phenoxy) is 2. The second kappa shape index (κ2) is 3.50. The molecule has 0 atom stereocenters. The van der Waals surface area contributed by atoms with E-state index in [4.69, 9.17) is 9.47 Å². The van der Waals surface area contributed by atoms with E-state index in [0.29, 0.717) is 11.5 Å². The Bertz CT molecular complexity index is 515. The predicted molar refractivity (Wildman–Crippen MR) is 57.9 cm³/mol. The number of hydrogen-bond donors (Lipinski definition) is 1. The monoisotopic (exact) mass is 233 g/mol. The maximum absolute atomic E-state index is 10.5. The Kier molecular flexibility index (Phi) is 2.09. The molecule has 3 rings (SSSR count). The van der Waals surface area contributed by atoms with Gasteiger partial charge in [-0.2, -0.15) is 4.99 Å². The van der Waals surface area contributed by atoms with Crippen LogP contribution in [-0.4, -0.2) is 18.0 Å². The molecule has 0 amide bonds. The third kappa shape index (κ3) is 1.40. The van der Waals surface area contributed by atoms with Crippen molar-refractivity contribution < 1.29 is 19.4 Å². The Labute approximate surface area is 97.7 Å². The van der Waals surface area contributed by atoms with Crippen LogP contribution in [0.2, 0.25) is 0 Å². The second-order valence-electron chi connectivity index (χ2n) is 4.32. The number of benzene rings is 1. The van der Waals surface area contributed by atoms with Gasteiger partial charge >= 0.3 is 0 Å². The van der Waals surface area contributed by atoms with Gasteiger partial charge in [-0.3, -0.25) is 0 Å². The van der Waals surface area contributed by atoms with Crippen molar-refractivity contribution in [3.8, 4) is 17.2 Å². The lowest BCUT2D eigenvalue weighted by molar-refractivity contribution is 0.171. The summed E-state index contributed by atoms with van der Waals surface area (Å²) in [6, 6.07) is 3.37. The molecule has 0 radical (unpaired) electrons. The summed E-state index contributed by atoms with van der Waals surface area (Å²) in [5.74, 6) is 0.896. The zero-order chi connectivity index (χ0) is 11.9. The van der Waals surface area contributed by atoms with Crippen molar-refractivity contribution in [3.05, 3.63) is 17.7 Å². The Morgan fingerprint density at radius 2 is 2.18 bits per heavy atom. The molecule has 0 saturated heterocycles. The van der Waals surface area contributed by atoms with Crippen LogP contribution in [0.15, 0.2) is 17.1 Å². The first-order chi connectivity index (χ1) is 8.25. The Morgan fingerprint density at radius 1 is 1.35 bits per heavy atom. The van der Waals surface area contributed by atoms with Crippen molar-refractivity contribution in [2.75, 3.05) is 6.79 Å². The highest BCUT2D eigenvalue weighted by molar-refractivity contribution is 5.56. The summed E-state index contributed by atoms with van der Waals surface area (Å²) >= 11 is 0. The summed E-state index contributed by atoms with van der Waals surface area (Å²) in [5.41, 5.74) is 0.258. The van der Waals surface area contributed by atoms with E-state index in [1.165, 1.54) is 0 Å². The van der Waals surface area contributed by atoms with Gasteiger partial charge in [-0.1, -0.05) is 0 Å². The van der Waals surface area contributed by atoms with Gasteiger partial charge in [-0.05, 0) is 37.0 Å². The molecule has 0 bridgehead atoms. The van der Waals surface area contributed by atoms with Crippen LogP contribution in [-0.2, 0) is 10.3 Å². The first-order valence-corrected chi connectivity index (χ1v) is 5.47. The maximum atomic E-state index is 10.5. The Balaban J connectivity index is 2.09. The molecule has 1 heterocycles. The lowest BCUT2D eigenvalue weighted by atomic mass is 9.72. The van der Waals surface area contributed by atoms with Crippen LogP contribution in [0.5, 0.6) is 17.2 Å². The lowest BCUT2D eigenvalue weighted by Crippen LogP contribution is -2.31. The van der Waals surface area contributed by atoms with Crippen LogP contribution >= 0.6 is 0 Å². The molecule has 5 heteroatoms. The minimum atomic E-state index is -0.528. The van der Waals surface area contributed by atoms with Gasteiger partial charge in [0.1, 0.15) is 0 Å². The summed E-state index contributed by atoms with van der Waals surface area (Å²) in [6.45, 7) is 0.107. The molecule has 2 aliphatic rings. The van der Waals surface area contributed by atoms with Crippen LogP contribution in [0.25, 0.3) is 0 Å². The molecular formula is C12H11NO4. The zero-order valence-electron chi connectivity index (χ0n) is 9.10. The number of rotatable bonds is 2. The highest BCUT2D eigenvalue weighted by Crippen LogP contribution is 2.50. The van der Waals surface area contributed by atoms with Gasteiger partial charge in [0.05, 0.1) is 5.54 Å². The van der Waals surface area contributed by atoms with Crippen molar-refractivity contribution in [2.24, 2.45) is 4.99 Å². The van der Waals surface area contributed by atoms with E-state index in [1.807, 2.05) is 0 Å². The lowest BCUT2D eigenvalue weighted by Gasteiger charge is -2.37. The first kappa shape index (κ1) is 10.2. The molecule has 1 N–H and O–H groups in total. The quantitative estimate of drug-likeness (QED) is 0.625. The third-order valence-electron chi connectivity index (χ3n) is 3.43. The normalized spacial score (nSPS) is 19.3. The fourth-order valence-corrected chi connectivity index (χ4v) is 2.32. The number of nitrogens with zero attached hydrogens (tertiary/aromatic N) is 1. The van der Waals surface area contributed by atoms with Gasteiger partial charge in [0.15, 0.2) is 11.5 Å². The highest BCUT2D eigenvalue weighted by Gasteiger charge is 2.40. The number of phenols is 1. The van der Waals surface area contributed by atoms with Gasteiger partial charge in [0, 0.05) is 0 Å². The van der Waals surface area contributed by atoms with E-state index in [0.717, 1.165) is 24.8 Å². The zero-order valence-corrected chi connectivity index (χ0v) is 9.10. The first-order valence-electron chi connectivity index (χ1n) is 5.47. The topological polar surface area (TPSA) is 68.1 Å². The Morgan fingerprint density at radius 3 is 2.82 bits per heavy atom. The van der Waals surface area contributed by atoms with Crippen LogP contribution in [0.4, 0.5) is 0 Å². The number of carbonyl (C=O) groups excluding carboxylic acids is 1. The minimum absolute atomic E-state index is 0.0300. The van der Waals surface area contributed by atoms with Crippen molar-refractivity contribution in [2.45, 2.75) is 24.8 Å². The van der Waals surface area contributed by atoms with Gasteiger partial charge in [-0.15, -0.1) is 0 Å². The van der Waals surface area contributed by atoms with Gasteiger partial charge in [-0.25, -0.2) is 4.79 Å². The third-order valence-corrected chi connectivity index (χ3v) is 3.43. The SMILES string of the molecule is O=C=NC1(c2cc(O)c3c(c2)OCO3)CCC1. The molecule has 1 saturated carbocycles. The van der Waals surface area contributed by atoms with Crippen LogP contribution in [0.3, 0.4) is 0 Å². The Hall–Kier alpha value is -2.00. The molecule has 1 aromatic rings. The number of hydrogen-bond acceptors (Lipinski definition) is 5. The molecule has 1 fully saturated rings. The van der Waals surface area contributed by atoms with Crippen LogP contribution in [0.1, 0.15) is 24.8 Å². The summed E-state index contributed by atoms with van der Waals surface area (Å²) in [7, 11) is 0. The van der Waals surface area contributed by atoms with Gasteiger partial charge < -0.3 is 14.6 Å². The molecule has 1 aliphatic heterocycles. The summed E-state index contributed by atoms with van der Waals surface area (Å²) in [4.78, 5) is 14.4. The van der Waals surface area contributed by atoms with E-state index in [-0.39, 0.29) is 12.5 Å². The fourth-order valence-electron chi connectivity index (χ4n) is 2.32. The van der Waals surface area contributed by atoms with Crippen molar-refractivity contribution in [1.82, 2.24) is 0 Å². The minimum Gasteiger partial charge on any atom is -0.504 e. The van der Waals surface area contributed by atoms with E-state index in [1.54, 1.807) is 18.2 Å². The molecule has 0 aromatic heterocycles. The maximum Gasteiger partial charge on any atom is 0.235 e. The average molecular weight is 233 g/mol. The predicted octanol–water partition coefficient (Wildman–Crippen LogP) is 1.84. The molecule has 0 unspecified atom stereocenters. The molecule has 1 aromatic carbocycles. The van der Waals surface area contributed by atoms with Gasteiger partial charge in [0.2, 0.25) is 18.6 Å². The molecule has 17 heavy (non-hydrogen) atoms. The number of isocyanates is 1. The number of fused-ring (bicyclic) bond motifs is 1. The molecule has 1 aliphatic carbocycles. The highest BCUT2D eigenvalue weighted by atomic mass is 16.7. The number of aromatic hydroxyl groups is 1. The summed E-state index contributed by atoms with van der Waals surface area (Å²) in [5, 5.41) is 9.82. The molecule has 5 nitrogen and oxygen atoms in total.